The molecule has 0 saturated heterocycles. The summed E-state index contributed by atoms with van der Waals surface area (Å²) in [5, 5.41) is 0. The molecule has 1 aromatic carbocycles. The van der Waals surface area contributed by atoms with Crippen LogP contribution in [0.3, 0.4) is 0 Å². The van der Waals surface area contributed by atoms with E-state index in [2.05, 4.69) is 6.07 Å². The van der Waals surface area contributed by atoms with Gasteiger partial charge in [0, 0.05) is 12.2 Å². The van der Waals surface area contributed by atoms with E-state index < -0.39 is 0 Å². The van der Waals surface area contributed by atoms with Gasteiger partial charge in [0.05, 0.1) is 11.8 Å². The molecule has 3 heteroatoms. The highest BCUT2D eigenvalue weighted by Crippen LogP contribution is 2.27. The second-order valence-corrected chi connectivity index (χ2v) is 4.55. The smallest absolute Gasteiger partial charge is 0.261 e. The van der Waals surface area contributed by atoms with Crippen LogP contribution in [0.4, 0.5) is 5.69 Å². The Kier molecular flexibility index (Phi) is 2.89. The lowest BCUT2D eigenvalue weighted by Gasteiger charge is -2.22. The molecule has 0 N–H and O–H groups in total. The zero-order valence-corrected chi connectivity index (χ0v) is 10.1. The number of aryl methyl sites for hydroxylation is 1. The van der Waals surface area contributed by atoms with Gasteiger partial charge in [-0.2, -0.15) is 0 Å². The van der Waals surface area contributed by atoms with Gasteiger partial charge in [-0.05, 0) is 37.0 Å². The summed E-state index contributed by atoms with van der Waals surface area (Å²) >= 11 is 0. The molecule has 1 amide bonds. The zero-order chi connectivity index (χ0) is 12.4. The number of fused-ring (bicyclic) bond motifs is 1. The molecular formula is C15H15NO2. The van der Waals surface area contributed by atoms with E-state index in [-0.39, 0.29) is 5.91 Å². The van der Waals surface area contributed by atoms with Crippen molar-refractivity contribution in [2.45, 2.75) is 19.3 Å². The SMILES string of the molecule is O=C(c1ccoc1)N1CCCCc2ccccc21. The summed E-state index contributed by atoms with van der Waals surface area (Å²) in [7, 11) is 0. The van der Waals surface area contributed by atoms with Crippen LogP contribution in [0.15, 0.2) is 47.3 Å². The van der Waals surface area contributed by atoms with E-state index in [1.807, 2.05) is 23.1 Å². The summed E-state index contributed by atoms with van der Waals surface area (Å²) in [6.07, 6.45) is 6.27. The third-order valence-electron chi connectivity index (χ3n) is 3.37. The Hall–Kier alpha value is -2.03. The summed E-state index contributed by atoms with van der Waals surface area (Å²) in [6, 6.07) is 9.87. The fourth-order valence-electron chi connectivity index (χ4n) is 2.44. The van der Waals surface area contributed by atoms with Gasteiger partial charge < -0.3 is 9.32 Å². The van der Waals surface area contributed by atoms with Crippen LogP contribution in [0.1, 0.15) is 28.8 Å². The minimum atomic E-state index is 0.0260. The topological polar surface area (TPSA) is 33.5 Å². The second-order valence-electron chi connectivity index (χ2n) is 4.55. The molecule has 0 atom stereocenters. The number of furan rings is 1. The van der Waals surface area contributed by atoms with Crippen LogP contribution in [0.25, 0.3) is 0 Å². The van der Waals surface area contributed by atoms with Gasteiger partial charge in [0.1, 0.15) is 6.26 Å². The first-order valence-electron chi connectivity index (χ1n) is 6.28. The Balaban J connectivity index is 1.99. The Morgan fingerprint density at radius 2 is 2.06 bits per heavy atom. The van der Waals surface area contributed by atoms with Crippen LogP contribution in [-0.2, 0) is 6.42 Å². The first kappa shape index (κ1) is 11.1. The van der Waals surface area contributed by atoms with Gasteiger partial charge in [-0.15, -0.1) is 0 Å². The number of rotatable bonds is 1. The number of hydrogen-bond donors (Lipinski definition) is 0. The molecule has 3 nitrogen and oxygen atoms in total. The Labute approximate surface area is 106 Å². The van der Waals surface area contributed by atoms with Crippen molar-refractivity contribution in [3.8, 4) is 0 Å². The van der Waals surface area contributed by atoms with Gasteiger partial charge in [-0.1, -0.05) is 18.2 Å². The van der Waals surface area contributed by atoms with Crippen molar-refractivity contribution in [1.82, 2.24) is 0 Å². The van der Waals surface area contributed by atoms with E-state index in [0.717, 1.165) is 31.5 Å². The zero-order valence-electron chi connectivity index (χ0n) is 10.1. The molecule has 1 aliphatic heterocycles. The number of anilines is 1. The molecule has 0 fully saturated rings. The lowest BCUT2D eigenvalue weighted by atomic mass is 10.1. The fraction of sp³-hybridized carbons (Fsp3) is 0.267. The monoisotopic (exact) mass is 241 g/mol. The Morgan fingerprint density at radius 1 is 1.17 bits per heavy atom. The van der Waals surface area contributed by atoms with Crippen molar-refractivity contribution in [2.75, 3.05) is 11.4 Å². The number of amides is 1. The summed E-state index contributed by atoms with van der Waals surface area (Å²) < 4.78 is 5.00. The van der Waals surface area contributed by atoms with Crippen LogP contribution in [-0.4, -0.2) is 12.5 Å². The predicted octanol–water partition coefficient (Wildman–Crippen LogP) is 3.26. The molecule has 2 heterocycles. The molecule has 92 valence electrons. The number of para-hydroxylation sites is 1. The molecule has 1 aromatic heterocycles. The molecular weight excluding hydrogens is 226 g/mol. The quantitative estimate of drug-likeness (QED) is 0.767. The first-order chi connectivity index (χ1) is 8.86. The van der Waals surface area contributed by atoms with Gasteiger partial charge in [-0.3, -0.25) is 4.79 Å². The number of benzene rings is 1. The van der Waals surface area contributed by atoms with Gasteiger partial charge in [-0.25, -0.2) is 0 Å². The molecule has 2 aromatic rings. The highest BCUT2D eigenvalue weighted by Gasteiger charge is 2.22. The van der Waals surface area contributed by atoms with Crippen LogP contribution >= 0.6 is 0 Å². The second kappa shape index (κ2) is 4.69. The number of carbonyl (C=O) groups is 1. The van der Waals surface area contributed by atoms with Crippen molar-refractivity contribution in [3.05, 3.63) is 54.0 Å². The molecule has 0 unspecified atom stereocenters. The lowest BCUT2D eigenvalue weighted by molar-refractivity contribution is 0.0986. The average molecular weight is 241 g/mol. The molecule has 0 spiro atoms. The number of hydrogen-bond acceptors (Lipinski definition) is 2. The van der Waals surface area contributed by atoms with Crippen molar-refractivity contribution in [3.63, 3.8) is 0 Å². The number of nitrogens with zero attached hydrogens (tertiary/aromatic N) is 1. The van der Waals surface area contributed by atoms with Gasteiger partial charge in [0.2, 0.25) is 0 Å². The van der Waals surface area contributed by atoms with Crippen molar-refractivity contribution in [1.29, 1.82) is 0 Å². The minimum absolute atomic E-state index is 0.0260. The third kappa shape index (κ3) is 1.92. The van der Waals surface area contributed by atoms with Crippen LogP contribution in [0, 0.1) is 0 Å². The third-order valence-corrected chi connectivity index (χ3v) is 3.37. The Bertz CT molecular complexity index is 545. The maximum Gasteiger partial charge on any atom is 0.261 e. The lowest BCUT2D eigenvalue weighted by Crippen LogP contribution is -2.31. The molecule has 3 rings (SSSR count). The highest BCUT2D eigenvalue weighted by molar-refractivity contribution is 6.06. The first-order valence-corrected chi connectivity index (χ1v) is 6.28. The summed E-state index contributed by atoms with van der Waals surface area (Å²) in [4.78, 5) is 14.3. The molecule has 0 bridgehead atoms. The average Bonchev–Trinajstić information content (AvgIpc) is 2.85. The molecule has 0 saturated carbocycles. The minimum Gasteiger partial charge on any atom is -0.472 e. The number of carbonyl (C=O) groups excluding carboxylic acids is 1. The van der Waals surface area contributed by atoms with Crippen molar-refractivity contribution < 1.29 is 9.21 Å². The van der Waals surface area contributed by atoms with E-state index in [0.29, 0.717) is 5.56 Å². The van der Waals surface area contributed by atoms with Crippen molar-refractivity contribution in [2.24, 2.45) is 0 Å². The van der Waals surface area contributed by atoms with Crippen LogP contribution in [0.5, 0.6) is 0 Å². The maximum absolute atomic E-state index is 12.4. The highest BCUT2D eigenvalue weighted by atomic mass is 16.3. The normalized spacial score (nSPS) is 15.0. The largest absolute Gasteiger partial charge is 0.472 e. The standard InChI is InChI=1S/C15H15NO2/c17-15(13-8-10-18-11-13)16-9-4-3-6-12-5-1-2-7-14(12)16/h1-2,5,7-8,10-11H,3-4,6,9H2. The van der Waals surface area contributed by atoms with Gasteiger partial charge >= 0.3 is 0 Å². The van der Waals surface area contributed by atoms with E-state index in [1.165, 1.54) is 18.1 Å². The Morgan fingerprint density at radius 3 is 2.89 bits per heavy atom. The van der Waals surface area contributed by atoms with E-state index >= 15 is 0 Å². The van der Waals surface area contributed by atoms with E-state index in [1.54, 1.807) is 6.07 Å². The molecule has 18 heavy (non-hydrogen) atoms. The summed E-state index contributed by atoms with van der Waals surface area (Å²) in [5.74, 6) is 0.0260. The molecule has 1 aliphatic rings. The van der Waals surface area contributed by atoms with E-state index in [9.17, 15) is 4.79 Å². The molecule has 0 aliphatic carbocycles. The van der Waals surface area contributed by atoms with Crippen molar-refractivity contribution >= 4 is 11.6 Å². The fourth-order valence-corrected chi connectivity index (χ4v) is 2.44. The summed E-state index contributed by atoms with van der Waals surface area (Å²) in [5.41, 5.74) is 2.92. The molecule has 0 radical (unpaired) electrons. The van der Waals surface area contributed by atoms with Crippen LogP contribution in [0.2, 0.25) is 0 Å². The van der Waals surface area contributed by atoms with Crippen LogP contribution < -0.4 is 4.90 Å². The predicted molar refractivity (Wildman–Crippen MR) is 69.8 cm³/mol. The van der Waals surface area contributed by atoms with Gasteiger partial charge in [0.15, 0.2) is 0 Å². The summed E-state index contributed by atoms with van der Waals surface area (Å²) in [6.45, 7) is 0.779. The maximum atomic E-state index is 12.4. The van der Waals surface area contributed by atoms with Gasteiger partial charge in [0.25, 0.3) is 5.91 Å². The van der Waals surface area contributed by atoms with E-state index in [4.69, 9.17) is 4.42 Å².